The van der Waals surface area contributed by atoms with Gasteiger partial charge < -0.3 is 14.2 Å². The Labute approximate surface area is 135 Å². The van der Waals surface area contributed by atoms with Gasteiger partial charge in [0.1, 0.15) is 13.2 Å². The summed E-state index contributed by atoms with van der Waals surface area (Å²) in [6, 6.07) is 10.2. The van der Waals surface area contributed by atoms with Gasteiger partial charge in [0, 0.05) is 0 Å². The molecule has 1 aliphatic heterocycles. The minimum atomic E-state index is -0.547. The topological polar surface area (TPSA) is 31.6 Å². The standard InChI is InChI=1S/C17H22NO3S/c1-17(2)20-12-14(21-17)15(16-18(3)9-10-22-16)19-11-13-7-5-4-6-8-13/h4-10,14-15H,11-12H2,1-3H3/q+1/t14-,15-/m1/s1. The van der Waals surface area contributed by atoms with Crippen LogP contribution in [-0.4, -0.2) is 18.5 Å². The van der Waals surface area contributed by atoms with Crippen molar-refractivity contribution in [2.45, 2.75) is 38.4 Å². The zero-order chi connectivity index (χ0) is 15.6. The van der Waals surface area contributed by atoms with Crippen LogP contribution in [0.1, 0.15) is 30.5 Å². The minimum Gasteiger partial charge on any atom is -0.359 e. The Morgan fingerprint density at radius 2 is 2.14 bits per heavy atom. The van der Waals surface area contributed by atoms with Gasteiger partial charge in [-0.1, -0.05) is 41.7 Å². The van der Waals surface area contributed by atoms with Crippen LogP contribution < -0.4 is 4.57 Å². The molecule has 1 aromatic heterocycles. The van der Waals surface area contributed by atoms with E-state index in [9.17, 15) is 0 Å². The lowest BCUT2D eigenvalue weighted by Crippen LogP contribution is -2.37. The molecule has 3 rings (SSSR count). The first-order valence-electron chi connectivity index (χ1n) is 7.45. The zero-order valence-electron chi connectivity index (χ0n) is 13.2. The van der Waals surface area contributed by atoms with Crippen LogP contribution in [-0.2, 0) is 27.9 Å². The average Bonchev–Trinajstić information content (AvgIpc) is 3.07. The van der Waals surface area contributed by atoms with E-state index in [1.54, 1.807) is 11.3 Å². The molecule has 0 bridgehead atoms. The highest BCUT2D eigenvalue weighted by molar-refractivity contribution is 7.09. The number of aromatic nitrogens is 1. The number of thiazole rings is 1. The number of ether oxygens (including phenoxy) is 3. The summed E-state index contributed by atoms with van der Waals surface area (Å²) in [5, 5.41) is 3.21. The first kappa shape index (κ1) is 15.6. The fourth-order valence-electron chi connectivity index (χ4n) is 2.58. The molecular formula is C17H22NO3S+. The number of hydrogen-bond donors (Lipinski definition) is 0. The molecule has 4 nitrogen and oxygen atoms in total. The normalized spacial score (nSPS) is 21.9. The van der Waals surface area contributed by atoms with Crippen molar-refractivity contribution in [2.75, 3.05) is 6.61 Å². The molecule has 5 heteroatoms. The molecule has 1 aromatic carbocycles. The van der Waals surface area contributed by atoms with Crippen molar-refractivity contribution in [2.24, 2.45) is 7.05 Å². The molecule has 1 fully saturated rings. The lowest BCUT2D eigenvalue weighted by atomic mass is 10.2. The highest BCUT2D eigenvalue weighted by Gasteiger charge is 2.42. The molecule has 0 aliphatic carbocycles. The second-order valence-electron chi connectivity index (χ2n) is 5.94. The Bertz CT molecular complexity index is 611. The third-order valence-corrected chi connectivity index (χ3v) is 4.72. The third-order valence-electron chi connectivity index (χ3n) is 3.70. The molecule has 1 aliphatic rings. The van der Waals surface area contributed by atoms with Crippen LogP contribution >= 0.6 is 11.3 Å². The maximum atomic E-state index is 6.22. The maximum Gasteiger partial charge on any atom is 0.269 e. The Balaban J connectivity index is 1.77. The van der Waals surface area contributed by atoms with Crippen LogP contribution in [0.3, 0.4) is 0 Å². The van der Waals surface area contributed by atoms with Crippen LogP contribution in [0, 0.1) is 0 Å². The van der Waals surface area contributed by atoms with Gasteiger partial charge in [-0.2, -0.15) is 4.57 Å². The molecule has 22 heavy (non-hydrogen) atoms. The molecule has 2 aromatic rings. The fourth-order valence-corrected chi connectivity index (χ4v) is 3.54. The van der Waals surface area contributed by atoms with Crippen molar-refractivity contribution in [3.05, 3.63) is 52.5 Å². The van der Waals surface area contributed by atoms with E-state index in [0.29, 0.717) is 13.2 Å². The predicted octanol–water partition coefficient (Wildman–Crippen LogP) is 2.98. The lowest BCUT2D eigenvalue weighted by Gasteiger charge is -2.22. The van der Waals surface area contributed by atoms with Gasteiger partial charge >= 0.3 is 0 Å². The van der Waals surface area contributed by atoms with Crippen molar-refractivity contribution in [1.82, 2.24) is 0 Å². The van der Waals surface area contributed by atoms with Crippen LogP contribution in [0.25, 0.3) is 0 Å². The number of rotatable bonds is 5. The summed E-state index contributed by atoms with van der Waals surface area (Å²) >= 11 is 1.68. The first-order chi connectivity index (χ1) is 10.6. The molecule has 2 heterocycles. The molecule has 2 atom stereocenters. The predicted molar refractivity (Wildman–Crippen MR) is 84.4 cm³/mol. The fraction of sp³-hybridized carbons (Fsp3) is 0.471. The van der Waals surface area contributed by atoms with E-state index in [0.717, 1.165) is 10.6 Å². The lowest BCUT2D eigenvalue weighted by molar-refractivity contribution is -0.678. The van der Waals surface area contributed by atoms with E-state index in [2.05, 4.69) is 22.1 Å². The highest BCUT2D eigenvalue weighted by atomic mass is 32.1. The summed E-state index contributed by atoms with van der Waals surface area (Å²) in [7, 11) is 2.03. The van der Waals surface area contributed by atoms with Crippen LogP contribution in [0.2, 0.25) is 0 Å². The van der Waals surface area contributed by atoms with Gasteiger partial charge in [-0.3, -0.25) is 0 Å². The Hall–Kier alpha value is -1.27. The van der Waals surface area contributed by atoms with E-state index < -0.39 is 5.79 Å². The summed E-state index contributed by atoms with van der Waals surface area (Å²) < 4.78 is 20.0. The summed E-state index contributed by atoms with van der Waals surface area (Å²) in [6.45, 7) is 4.99. The van der Waals surface area contributed by atoms with Crippen LogP contribution in [0.5, 0.6) is 0 Å². The quantitative estimate of drug-likeness (QED) is 0.794. The van der Waals surface area contributed by atoms with E-state index in [-0.39, 0.29) is 12.2 Å². The molecule has 0 amide bonds. The second-order valence-corrected chi connectivity index (χ2v) is 6.86. The Morgan fingerprint density at radius 3 is 2.73 bits per heavy atom. The molecule has 0 spiro atoms. The smallest absolute Gasteiger partial charge is 0.269 e. The zero-order valence-corrected chi connectivity index (χ0v) is 14.0. The van der Waals surface area contributed by atoms with E-state index >= 15 is 0 Å². The van der Waals surface area contributed by atoms with E-state index in [4.69, 9.17) is 14.2 Å². The SMILES string of the molecule is C[n+]1ccsc1[C@H](OCc1ccccc1)[C@H]1COC(C)(C)O1. The van der Waals surface area contributed by atoms with Gasteiger partial charge in [-0.25, -0.2) is 0 Å². The average molecular weight is 320 g/mol. The van der Waals surface area contributed by atoms with Gasteiger partial charge in [0.05, 0.1) is 18.6 Å². The van der Waals surface area contributed by atoms with Crippen molar-refractivity contribution in [1.29, 1.82) is 0 Å². The largest absolute Gasteiger partial charge is 0.359 e. The highest BCUT2D eigenvalue weighted by Crippen LogP contribution is 2.33. The molecule has 0 radical (unpaired) electrons. The Kier molecular flexibility index (Phi) is 4.59. The van der Waals surface area contributed by atoms with Gasteiger partial charge in [0.2, 0.25) is 0 Å². The monoisotopic (exact) mass is 320 g/mol. The Morgan fingerprint density at radius 1 is 1.36 bits per heavy atom. The minimum absolute atomic E-state index is 0.0939. The molecule has 1 saturated heterocycles. The molecule has 0 unspecified atom stereocenters. The molecule has 0 saturated carbocycles. The van der Waals surface area contributed by atoms with Crippen molar-refractivity contribution in [3.63, 3.8) is 0 Å². The van der Waals surface area contributed by atoms with Crippen molar-refractivity contribution >= 4 is 11.3 Å². The summed E-state index contributed by atoms with van der Waals surface area (Å²) in [6.07, 6.45) is 1.82. The van der Waals surface area contributed by atoms with E-state index in [1.165, 1.54) is 0 Å². The number of nitrogens with zero attached hydrogens (tertiary/aromatic N) is 1. The summed E-state index contributed by atoms with van der Waals surface area (Å²) in [4.78, 5) is 0. The first-order valence-corrected chi connectivity index (χ1v) is 8.33. The number of benzene rings is 1. The van der Waals surface area contributed by atoms with Crippen LogP contribution in [0.4, 0.5) is 0 Å². The molecular weight excluding hydrogens is 298 g/mol. The van der Waals surface area contributed by atoms with Gasteiger partial charge in [0.25, 0.3) is 5.01 Å². The number of aryl methyl sites for hydroxylation is 1. The van der Waals surface area contributed by atoms with Crippen LogP contribution in [0.15, 0.2) is 41.9 Å². The van der Waals surface area contributed by atoms with E-state index in [1.807, 2.05) is 45.3 Å². The van der Waals surface area contributed by atoms with Gasteiger partial charge in [0.15, 0.2) is 18.1 Å². The second kappa shape index (κ2) is 6.46. The molecule has 118 valence electrons. The van der Waals surface area contributed by atoms with Gasteiger partial charge in [-0.05, 0) is 19.4 Å². The molecule has 0 N–H and O–H groups in total. The van der Waals surface area contributed by atoms with Crippen molar-refractivity contribution in [3.8, 4) is 0 Å². The van der Waals surface area contributed by atoms with Crippen molar-refractivity contribution < 1.29 is 18.8 Å². The maximum absolute atomic E-state index is 6.22. The summed E-state index contributed by atoms with van der Waals surface area (Å²) in [5.74, 6) is -0.547. The van der Waals surface area contributed by atoms with Gasteiger partial charge in [-0.15, -0.1) is 0 Å². The third kappa shape index (κ3) is 3.55. The number of hydrogen-bond acceptors (Lipinski definition) is 4. The summed E-state index contributed by atoms with van der Waals surface area (Å²) in [5.41, 5.74) is 1.16.